The summed E-state index contributed by atoms with van der Waals surface area (Å²) in [5.74, 6) is -1.50. The van der Waals surface area contributed by atoms with Gasteiger partial charge in [0.25, 0.3) is 0 Å². The molecule has 1 aliphatic carbocycles. The SMILES string of the molecule is CC(=O)c1c(C)[nH]c(C(=O)COC(=O)C2CCN(S(=O)(=O)c3ccc4c(c3)CCC4)CC2)c1C. The molecular weight excluding hydrogens is 456 g/mol. The maximum atomic E-state index is 13.1. The summed E-state index contributed by atoms with van der Waals surface area (Å²) in [6, 6.07) is 5.36. The maximum absolute atomic E-state index is 13.1. The number of piperidine rings is 1. The average Bonchev–Trinajstić information content (AvgIpc) is 3.40. The van der Waals surface area contributed by atoms with E-state index in [1.807, 2.05) is 6.07 Å². The second-order valence-corrected chi connectivity index (χ2v) is 11.1. The van der Waals surface area contributed by atoms with E-state index in [1.54, 1.807) is 26.0 Å². The maximum Gasteiger partial charge on any atom is 0.309 e. The van der Waals surface area contributed by atoms with Gasteiger partial charge in [0.1, 0.15) is 0 Å². The zero-order valence-corrected chi connectivity index (χ0v) is 20.6. The van der Waals surface area contributed by atoms with Crippen LogP contribution in [0.1, 0.15) is 69.4 Å². The molecule has 2 aromatic rings. The Kier molecular flexibility index (Phi) is 6.78. The summed E-state index contributed by atoms with van der Waals surface area (Å²) in [4.78, 5) is 40.1. The molecular formula is C25H30N2O6S. The molecule has 0 atom stereocenters. The summed E-state index contributed by atoms with van der Waals surface area (Å²) < 4.78 is 32.8. The summed E-state index contributed by atoms with van der Waals surface area (Å²) in [5.41, 5.74) is 4.23. The van der Waals surface area contributed by atoms with E-state index >= 15 is 0 Å². The molecule has 0 unspecified atom stereocenters. The van der Waals surface area contributed by atoms with Crippen LogP contribution in [0, 0.1) is 19.8 Å². The van der Waals surface area contributed by atoms with Crippen LogP contribution in [0.3, 0.4) is 0 Å². The van der Waals surface area contributed by atoms with Crippen molar-refractivity contribution < 1.29 is 27.5 Å². The van der Waals surface area contributed by atoms with Crippen molar-refractivity contribution in [3.8, 4) is 0 Å². The number of carbonyl (C=O) groups is 3. The van der Waals surface area contributed by atoms with Crippen molar-refractivity contribution in [1.82, 2.24) is 9.29 Å². The summed E-state index contributed by atoms with van der Waals surface area (Å²) in [6.07, 6.45) is 3.63. The highest BCUT2D eigenvalue weighted by Crippen LogP contribution is 2.29. The topological polar surface area (TPSA) is 114 Å². The predicted octanol–water partition coefficient (Wildman–Crippen LogP) is 3.15. The number of hydrogen-bond acceptors (Lipinski definition) is 6. The van der Waals surface area contributed by atoms with E-state index in [4.69, 9.17) is 4.74 Å². The quantitative estimate of drug-likeness (QED) is 0.475. The van der Waals surface area contributed by atoms with Crippen LogP contribution in [-0.2, 0) is 32.4 Å². The Balaban J connectivity index is 1.33. The molecule has 0 radical (unpaired) electrons. The molecule has 182 valence electrons. The first-order valence-electron chi connectivity index (χ1n) is 11.6. The number of ketones is 2. The zero-order chi connectivity index (χ0) is 24.6. The minimum Gasteiger partial charge on any atom is -0.457 e. The lowest BCUT2D eigenvalue weighted by atomic mass is 9.98. The lowest BCUT2D eigenvalue weighted by Crippen LogP contribution is -2.40. The normalized spacial score (nSPS) is 16.9. The standard InChI is InChI=1S/C25H30N2O6S/c1-15-23(17(3)28)16(2)26-24(15)22(29)14-33-25(30)19-9-11-27(12-10-19)34(31,32)21-8-7-18-5-4-6-20(18)13-21/h7-8,13,19,26H,4-6,9-12,14H2,1-3H3. The molecule has 0 amide bonds. The van der Waals surface area contributed by atoms with Gasteiger partial charge in [-0.25, -0.2) is 8.42 Å². The lowest BCUT2D eigenvalue weighted by Gasteiger charge is -2.30. The summed E-state index contributed by atoms with van der Waals surface area (Å²) in [6.45, 7) is 4.87. The number of aryl methyl sites for hydroxylation is 3. The average molecular weight is 487 g/mol. The second kappa shape index (κ2) is 9.46. The van der Waals surface area contributed by atoms with Gasteiger partial charge >= 0.3 is 5.97 Å². The number of esters is 1. The zero-order valence-electron chi connectivity index (χ0n) is 19.8. The Hall–Kier alpha value is -2.78. The van der Waals surface area contributed by atoms with E-state index in [1.165, 1.54) is 16.8 Å². The largest absolute Gasteiger partial charge is 0.457 e. The minimum atomic E-state index is -3.61. The van der Waals surface area contributed by atoms with Crippen LogP contribution < -0.4 is 0 Å². The smallest absolute Gasteiger partial charge is 0.309 e. The Morgan fingerprint density at radius 2 is 1.76 bits per heavy atom. The third-order valence-corrected chi connectivity index (χ3v) is 8.80. The van der Waals surface area contributed by atoms with Crippen molar-refractivity contribution in [2.45, 2.75) is 57.8 Å². The molecule has 1 saturated heterocycles. The number of aromatic amines is 1. The monoisotopic (exact) mass is 486 g/mol. The van der Waals surface area contributed by atoms with Gasteiger partial charge in [-0.05, 0) is 81.7 Å². The fourth-order valence-electron chi connectivity index (χ4n) is 5.07. The Bertz CT molecular complexity index is 1250. The highest BCUT2D eigenvalue weighted by molar-refractivity contribution is 7.89. The molecule has 0 spiro atoms. The number of ether oxygens (including phenoxy) is 1. The summed E-state index contributed by atoms with van der Waals surface area (Å²) in [5, 5.41) is 0. The van der Waals surface area contributed by atoms with Crippen LogP contribution in [0.4, 0.5) is 0 Å². The molecule has 1 aromatic heterocycles. The van der Waals surface area contributed by atoms with Gasteiger partial charge in [-0.3, -0.25) is 14.4 Å². The van der Waals surface area contributed by atoms with Gasteiger partial charge in [-0.2, -0.15) is 4.31 Å². The van der Waals surface area contributed by atoms with E-state index < -0.39 is 34.3 Å². The van der Waals surface area contributed by atoms with Crippen molar-refractivity contribution >= 4 is 27.6 Å². The molecule has 2 heterocycles. The minimum absolute atomic E-state index is 0.135. The van der Waals surface area contributed by atoms with Gasteiger partial charge in [0, 0.05) is 24.3 Å². The van der Waals surface area contributed by atoms with Crippen LogP contribution >= 0.6 is 0 Å². The van der Waals surface area contributed by atoms with Gasteiger partial charge in [-0.15, -0.1) is 0 Å². The lowest BCUT2D eigenvalue weighted by molar-refractivity contribution is -0.148. The van der Waals surface area contributed by atoms with Crippen LogP contribution in [0.15, 0.2) is 23.1 Å². The first kappa shape index (κ1) is 24.3. The van der Waals surface area contributed by atoms with Crippen molar-refractivity contribution in [3.05, 3.63) is 51.8 Å². The van der Waals surface area contributed by atoms with Crippen LogP contribution in [-0.4, -0.2) is 54.9 Å². The van der Waals surface area contributed by atoms with Crippen molar-refractivity contribution in [3.63, 3.8) is 0 Å². The second-order valence-electron chi connectivity index (χ2n) is 9.17. The van der Waals surface area contributed by atoms with Crippen LogP contribution in [0.2, 0.25) is 0 Å². The first-order chi connectivity index (χ1) is 16.1. The summed E-state index contributed by atoms with van der Waals surface area (Å²) in [7, 11) is -3.61. The van der Waals surface area contributed by atoms with Gasteiger partial charge in [-0.1, -0.05) is 6.07 Å². The Morgan fingerprint density at radius 1 is 1.09 bits per heavy atom. The number of nitrogens with one attached hydrogen (secondary N) is 1. The number of carbonyl (C=O) groups excluding carboxylic acids is 3. The highest BCUT2D eigenvalue weighted by atomic mass is 32.2. The van der Waals surface area contributed by atoms with Gasteiger partial charge < -0.3 is 9.72 Å². The van der Waals surface area contributed by atoms with Gasteiger partial charge in [0.05, 0.1) is 16.5 Å². The molecule has 1 aliphatic heterocycles. The van der Waals surface area contributed by atoms with E-state index in [-0.39, 0.29) is 24.6 Å². The van der Waals surface area contributed by atoms with Crippen molar-refractivity contribution in [2.75, 3.05) is 19.7 Å². The van der Waals surface area contributed by atoms with Crippen molar-refractivity contribution in [2.24, 2.45) is 5.92 Å². The number of nitrogens with zero attached hydrogens (tertiary/aromatic N) is 1. The third kappa shape index (κ3) is 4.59. The molecule has 2 aliphatic rings. The number of H-pyrrole nitrogens is 1. The molecule has 0 bridgehead atoms. The molecule has 34 heavy (non-hydrogen) atoms. The van der Waals surface area contributed by atoms with E-state index in [9.17, 15) is 22.8 Å². The summed E-state index contributed by atoms with van der Waals surface area (Å²) >= 11 is 0. The molecule has 1 fully saturated rings. The van der Waals surface area contributed by atoms with Crippen LogP contribution in [0.5, 0.6) is 0 Å². The Labute approximate surface area is 199 Å². The third-order valence-electron chi connectivity index (χ3n) is 6.91. The van der Waals surface area contributed by atoms with Crippen LogP contribution in [0.25, 0.3) is 0 Å². The molecule has 9 heteroatoms. The first-order valence-corrected chi connectivity index (χ1v) is 13.1. The molecule has 8 nitrogen and oxygen atoms in total. The highest BCUT2D eigenvalue weighted by Gasteiger charge is 2.33. The molecule has 1 N–H and O–H groups in total. The van der Waals surface area contributed by atoms with Gasteiger partial charge in [0.15, 0.2) is 12.4 Å². The molecule has 0 saturated carbocycles. The fraction of sp³-hybridized carbons (Fsp3) is 0.480. The number of fused-ring (bicyclic) bond motifs is 1. The molecule has 4 rings (SSSR count). The number of benzene rings is 1. The van der Waals surface area contributed by atoms with Gasteiger partial charge in [0.2, 0.25) is 15.8 Å². The number of sulfonamides is 1. The fourth-order valence-corrected chi connectivity index (χ4v) is 6.59. The molecule has 1 aromatic carbocycles. The number of hydrogen-bond donors (Lipinski definition) is 1. The predicted molar refractivity (Wildman–Crippen MR) is 126 cm³/mol. The van der Waals surface area contributed by atoms with Crippen molar-refractivity contribution in [1.29, 1.82) is 0 Å². The van der Waals surface area contributed by atoms with E-state index in [0.29, 0.717) is 34.6 Å². The van der Waals surface area contributed by atoms with E-state index in [0.717, 1.165) is 24.8 Å². The Morgan fingerprint density at radius 3 is 2.41 bits per heavy atom. The number of Topliss-reactive ketones (excluding diaryl/α,β-unsaturated/α-hetero) is 2. The van der Waals surface area contributed by atoms with E-state index in [2.05, 4.69) is 4.98 Å². The number of rotatable bonds is 7. The number of aromatic nitrogens is 1.